The number of piperidine rings is 1. The van der Waals surface area contributed by atoms with Gasteiger partial charge in [-0.2, -0.15) is 0 Å². The van der Waals surface area contributed by atoms with Crippen molar-refractivity contribution in [2.75, 3.05) is 19.7 Å². The molecule has 0 aliphatic carbocycles. The van der Waals surface area contributed by atoms with E-state index < -0.39 is 0 Å². The Labute approximate surface area is 157 Å². The van der Waals surface area contributed by atoms with Crippen LogP contribution in [0.15, 0.2) is 54.6 Å². The molecular formula is C22H20FNO3. The molecule has 0 N–H and O–H groups in total. The van der Waals surface area contributed by atoms with Gasteiger partial charge < -0.3 is 9.64 Å². The van der Waals surface area contributed by atoms with Gasteiger partial charge in [0.1, 0.15) is 5.82 Å². The Morgan fingerprint density at radius 3 is 2.37 bits per heavy atom. The summed E-state index contributed by atoms with van der Waals surface area (Å²) in [6, 6.07) is 15.0. The van der Waals surface area contributed by atoms with Gasteiger partial charge in [-0.05, 0) is 49.2 Å². The maximum absolute atomic E-state index is 13.0. The van der Waals surface area contributed by atoms with E-state index in [1.807, 2.05) is 30.3 Å². The summed E-state index contributed by atoms with van der Waals surface area (Å²) in [5.74, 6) is 4.77. The SMILES string of the molecule is O=C(OCC#Cc1ccccc1)C1CCN(C(=O)c2ccc(F)cc2)CC1. The number of ether oxygens (including phenoxy) is 1. The zero-order valence-corrected chi connectivity index (χ0v) is 14.9. The number of hydrogen-bond donors (Lipinski definition) is 0. The van der Waals surface area contributed by atoms with E-state index in [1.54, 1.807) is 4.90 Å². The van der Waals surface area contributed by atoms with E-state index in [4.69, 9.17) is 4.74 Å². The van der Waals surface area contributed by atoms with E-state index >= 15 is 0 Å². The molecule has 2 aromatic carbocycles. The van der Waals surface area contributed by atoms with Crippen molar-refractivity contribution in [3.05, 3.63) is 71.5 Å². The van der Waals surface area contributed by atoms with Crippen molar-refractivity contribution in [1.29, 1.82) is 0 Å². The lowest BCUT2D eigenvalue weighted by Crippen LogP contribution is -2.40. The fraction of sp³-hybridized carbons (Fsp3) is 0.273. The molecule has 3 rings (SSSR count). The molecule has 0 saturated carbocycles. The average molecular weight is 365 g/mol. The van der Waals surface area contributed by atoms with Crippen molar-refractivity contribution < 1.29 is 18.7 Å². The van der Waals surface area contributed by atoms with E-state index in [-0.39, 0.29) is 30.2 Å². The van der Waals surface area contributed by atoms with Crippen LogP contribution in [-0.4, -0.2) is 36.5 Å². The van der Waals surface area contributed by atoms with Crippen molar-refractivity contribution >= 4 is 11.9 Å². The third-order valence-electron chi connectivity index (χ3n) is 4.50. The number of halogens is 1. The Kier molecular flexibility index (Phi) is 6.22. The first-order valence-electron chi connectivity index (χ1n) is 8.89. The van der Waals surface area contributed by atoms with E-state index in [1.165, 1.54) is 24.3 Å². The molecule has 2 aromatic rings. The molecule has 1 heterocycles. The Morgan fingerprint density at radius 1 is 1.04 bits per heavy atom. The molecule has 1 fully saturated rings. The molecule has 0 spiro atoms. The van der Waals surface area contributed by atoms with Crippen molar-refractivity contribution in [2.45, 2.75) is 12.8 Å². The number of likely N-dealkylation sites (tertiary alicyclic amines) is 1. The molecule has 1 saturated heterocycles. The fourth-order valence-corrected chi connectivity index (χ4v) is 2.98. The van der Waals surface area contributed by atoms with E-state index in [0.29, 0.717) is 31.5 Å². The predicted octanol–water partition coefficient (Wildman–Crippen LogP) is 3.27. The van der Waals surface area contributed by atoms with Crippen LogP contribution in [-0.2, 0) is 9.53 Å². The van der Waals surface area contributed by atoms with Crippen LogP contribution in [0, 0.1) is 23.6 Å². The van der Waals surface area contributed by atoms with Crippen molar-refractivity contribution in [2.24, 2.45) is 5.92 Å². The smallest absolute Gasteiger partial charge is 0.310 e. The van der Waals surface area contributed by atoms with Crippen LogP contribution in [0.25, 0.3) is 0 Å². The number of rotatable bonds is 3. The highest BCUT2D eigenvalue weighted by atomic mass is 19.1. The van der Waals surface area contributed by atoms with Crippen LogP contribution in [0.5, 0.6) is 0 Å². The van der Waals surface area contributed by atoms with Crippen LogP contribution < -0.4 is 0 Å². The molecule has 1 aliphatic heterocycles. The van der Waals surface area contributed by atoms with Gasteiger partial charge in [-0.3, -0.25) is 9.59 Å². The minimum Gasteiger partial charge on any atom is -0.452 e. The summed E-state index contributed by atoms with van der Waals surface area (Å²) < 4.78 is 18.2. The van der Waals surface area contributed by atoms with Gasteiger partial charge in [-0.15, -0.1) is 0 Å². The van der Waals surface area contributed by atoms with Crippen LogP contribution in [0.3, 0.4) is 0 Å². The van der Waals surface area contributed by atoms with Crippen LogP contribution in [0.4, 0.5) is 4.39 Å². The van der Waals surface area contributed by atoms with Crippen LogP contribution in [0.2, 0.25) is 0 Å². The Hall–Kier alpha value is -3.13. The van der Waals surface area contributed by atoms with Gasteiger partial charge in [0.15, 0.2) is 6.61 Å². The standard InChI is InChI=1S/C22H20FNO3/c23-20-10-8-18(9-11-20)21(25)24-14-12-19(13-15-24)22(26)27-16-4-7-17-5-2-1-3-6-17/h1-3,5-6,8-11,19H,12-16H2. The first-order valence-corrected chi connectivity index (χ1v) is 8.89. The summed E-state index contributed by atoms with van der Waals surface area (Å²) in [5, 5.41) is 0. The second-order valence-corrected chi connectivity index (χ2v) is 6.35. The Balaban J connectivity index is 1.44. The Morgan fingerprint density at radius 2 is 1.70 bits per heavy atom. The highest BCUT2D eigenvalue weighted by Gasteiger charge is 2.28. The maximum atomic E-state index is 13.0. The predicted molar refractivity (Wildman–Crippen MR) is 99.3 cm³/mol. The molecule has 0 aromatic heterocycles. The first kappa shape index (κ1) is 18.7. The van der Waals surface area contributed by atoms with Gasteiger partial charge >= 0.3 is 5.97 Å². The highest BCUT2D eigenvalue weighted by molar-refractivity contribution is 5.94. The maximum Gasteiger partial charge on any atom is 0.310 e. The van der Waals surface area contributed by atoms with E-state index in [9.17, 15) is 14.0 Å². The molecule has 27 heavy (non-hydrogen) atoms. The first-order chi connectivity index (χ1) is 13.1. The second kappa shape index (κ2) is 9.00. The molecular weight excluding hydrogens is 345 g/mol. The largest absolute Gasteiger partial charge is 0.452 e. The number of benzene rings is 2. The number of nitrogens with zero attached hydrogens (tertiary/aromatic N) is 1. The quantitative estimate of drug-likeness (QED) is 0.620. The second-order valence-electron chi connectivity index (χ2n) is 6.35. The summed E-state index contributed by atoms with van der Waals surface area (Å²) in [6.07, 6.45) is 1.11. The summed E-state index contributed by atoms with van der Waals surface area (Å²) >= 11 is 0. The topological polar surface area (TPSA) is 46.6 Å². The molecule has 1 aliphatic rings. The lowest BCUT2D eigenvalue weighted by Gasteiger charge is -2.30. The minimum absolute atomic E-state index is 0.0580. The number of amides is 1. The van der Waals surface area contributed by atoms with Crippen molar-refractivity contribution in [3.63, 3.8) is 0 Å². The summed E-state index contributed by atoms with van der Waals surface area (Å²) in [4.78, 5) is 26.2. The summed E-state index contributed by atoms with van der Waals surface area (Å²) in [5.41, 5.74) is 1.33. The van der Waals surface area contributed by atoms with Crippen molar-refractivity contribution in [3.8, 4) is 11.8 Å². The van der Waals surface area contributed by atoms with Gasteiger partial charge in [-0.1, -0.05) is 30.0 Å². The number of carbonyl (C=O) groups excluding carboxylic acids is 2. The summed E-state index contributed by atoms with van der Waals surface area (Å²) in [6.45, 7) is 1.01. The Bertz CT molecular complexity index is 845. The molecule has 0 unspecified atom stereocenters. The van der Waals surface area contributed by atoms with Crippen LogP contribution in [0.1, 0.15) is 28.8 Å². The minimum atomic E-state index is -0.372. The van der Waals surface area contributed by atoms with Gasteiger partial charge in [-0.25, -0.2) is 4.39 Å². The molecule has 0 atom stereocenters. The fourth-order valence-electron chi connectivity index (χ4n) is 2.98. The monoisotopic (exact) mass is 365 g/mol. The molecule has 4 nitrogen and oxygen atoms in total. The normalized spacial score (nSPS) is 14.2. The van der Waals surface area contributed by atoms with E-state index in [2.05, 4.69) is 11.8 Å². The number of esters is 1. The zero-order valence-electron chi connectivity index (χ0n) is 14.9. The van der Waals surface area contributed by atoms with Crippen LogP contribution >= 0.6 is 0 Å². The number of carbonyl (C=O) groups is 2. The zero-order chi connectivity index (χ0) is 19.1. The van der Waals surface area contributed by atoms with Gasteiger partial charge in [0, 0.05) is 24.2 Å². The third kappa shape index (κ3) is 5.18. The highest BCUT2D eigenvalue weighted by Crippen LogP contribution is 2.20. The molecule has 0 bridgehead atoms. The van der Waals surface area contributed by atoms with E-state index in [0.717, 1.165) is 5.56 Å². The molecule has 1 amide bonds. The average Bonchev–Trinajstić information content (AvgIpc) is 2.72. The van der Waals surface area contributed by atoms with Gasteiger partial charge in [0.25, 0.3) is 5.91 Å². The van der Waals surface area contributed by atoms with Gasteiger partial charge in [0.05, 0.1) is 5.92 Å². The van der Waals surface area contributed by atoms with Gasteiger partial charge in [0.2, 0.25) is 0 Å². The molecule has 138 valence electrons. The molecule has 0 radical (unpaired) electrons. The van der Waals surface area contributed by atoms with Crippen molar-refractivity contribution in [1.82, 2.24) is 4.90 Å². The lowest BCUT2D eigenvalue weighted by molar-refractivity contribution is -0.148. The number of hydrogen-bond acceptors (Lipinski definition) is 3. The summed E-state index contributed by atoms with van der Waals surface area (Å²) in [7, 11) is 0. The molecule has 5 heteroatoms. The third-order valence-corrected chi connectivity index (χ3v) is 4.50. The lowest BCUT2D eigenvalue weighted by atomic mass is 9.96.